The van der Waals surface area contributed by atoms with Crippen molar-refractivity contribution in [2.24, 2.45) is 4.99 Å². The van der Waals surface area contributed by atoms with Gasteiger partial charge in [-0.1, -0.05) is 53.4 Å². The number of benzene rings is 2. The van der Waals surface area contributed by atoms with Crippen LogP contribution >= 0.6 is 39.0 Å². The van der Waals surface area contributed by atoms with Crippen molar-refractivity contribution in [1.29, 1.82) is 0 Å². The van der Waals surface area contributed by atoms with Crippen LogP contribution in [0.1, 0.15) is 31.2 Å². The lowest BCUT2D eigenvalue weighted by Crippen LogP contribution is -2.39. The van der Waals surface area contributed by atoms with Gasteiger partial charge in [0.25, 0.3) is 5.56 Å². The van der Waals surface area contributed by atoms with Crippen LogP contribution in [0.25, 0.3) is 6.08 Å². The van der Waals surface area contributed by atoms with Crippen molar-refractivity contribution in [3.8, 4) is 5.75 Å². The van der Waals surface area contributed by atoms with Crippen LogP contribution in [0.2, 0.25) is 0 Å². The molecule has 7 nitrogen and oxygen atoms in total. The van der Waals surface area contributed by atoms with Crippen molar-refractivity contribution in [3.63, 3.8) is 0 Å². The molecule has 2 aromatic carbocycles. The van der Waals surface area contributed by atoms with Gasteiger partial charge in [0.2, 0.25) is 0 Å². The van der Waals surface area contributed by atoms with Gasteiger partial charge >= 0.3 is 5.97 Å². The van der Waals surface area contributed by atoms with Crippen molar-refractivity contribution in [2.75, 3.05) is 13.7 Å². The van der Waals surface area contributed by atoms with Gasteiger partial charge in [0.15, 0.2) is 9.89 Å². The summed E-state index contributed by atoms with van der Waals surface area (Å²) >= 11 is 6.29. The van der Waals surface area contributed by atoms with Crippen LogP contribution in [-0.2, 0) is 9.53 Å². The van der Waals surface area contributed by atoms with Crippen LogP contribution in [0.4, 0.5) is 0 Å². The molecule has 0 spiro atoms. The molecule has 10 heteroatoms. The zero-order valence-electron chi connectivity index (χ0n) is 20.8. The average molecular weight is 612 g/mol. The van der Waals surface area contributed by atoms with E-state index in [-0.39, 0.29) is 12.2 Å². The second kappa shape index (κ2) is 11.2. The van der Waals surface area contributed by atoms with E-state index in [0.717, 1.165) is 14.9 Å². The number of esters is 1. The first kappa shape index (κ1) is 26.3. The summed E-state index contributed by atoms with van der Waals surface area (Å²) in [5, 5.41) is 0.687. The number of hydrogen-bond donors (Lipinski definition) is 0. The Morgan fingerprint density at radius 3 is 2.63 bits per heavy atom. The molecule has 0 radical (unpaired) electrons. The van der Waals surface area contributed by atoms with Crippen molar-refractivity contribution >= 4 is 51.1 Å². The number of hydrogen-bond acceptors (Lipinski definition) is 8. The maximum Gasteiger partial charge on any atom is 0.338 e. The predicted molar refractivity (Wildman–Crippen MR) is 150 cm³/mol. The van der Waals surface area contributed by atoms with Crippen LogP contribution in [0, 0.1) is 0 Å². The van der Waals surface area contributed by atoms with E-state index in [1.54, 1.807) is 43.7 Å². The summed E-state index contributed by atoms with van der Waals surface area (Å²) in [4.78, 5) is 32.9. The highest BCUT2D eigenvalue weighted by Crippen LogP contribution is 2.36. The van der Waals surface area contributed by atoms with Crippen molar-refractivity contribution < 1.29 is 18.7 Å². The Hall–Kier alpha value is -3.34. The summed E-state index contributed by atoms with van der Waals surface area (Å²) in [6, 6.07) is 18.3. The third-order valence-corrected chi connectivity index (χ3v) is 8.68. The Balaban J connectivity index is 1.61. The second-order valence-electron chi connectivity index (χ2n) is 8.27. The minimum Gasteiger partial charge on any atom is -0.497 e. The number of thiazole rings is 1. The minimum absolute atomic E-state index is 0.214. The molecule has 38 heavy (non-hydrogen) atoms. The van der Waals surface area contributed by atoms with Crippen LogP contribution in [-0.4, -0.2) is 24.3 Å². The van der Waals surface area contributed by atoms with Crippen LogP contribution in [0.5, 0.6) is 5.75 Å². The van der Waals surface area contributed by atoms with Crippen molar-refractivity contribution in [3.05, 3.63) is 107 Å². The first-order valence-electron chi connectivity index (χ1n) is 11.8. The Bertz CT molecular complexity index is 1700. The predicted octanol–water partition coefficient (Wildman–Crippen LogP) is 5.31. The molecule has 1 aliphatic heterocycles. The lowest BCUT2D eigenvalue weighted by molar-refractivity contribution is -0.139. The van der Waals surface area contributed by atoms with Crippen molar-refractivity contribution in [1.82, 2.24) is 4.57 Å². The number of furan rings is 1. The third-order valence-electron chi connectivity index (χ3n) is 5.85. The quantitative estimate of drug-likeness (QED) is 0.264. The van der Waals surface area contributed by atoms with E-state index in [1.165, 1.54) is 23.1 Å². The molecule has 0 aliphatic carbocycles. The lowest BCUT2D eigenvalue weighted by atomic mass is 9.96. The summed E-state index contributed by atoms with van der Waals surface area (Å²) < 4.78 is 19.5. The van der Waals surface area contributed by atoms with Crippen LogP contribution in [0.15, 0.2) is 101 Å². The second-order valence-corrected chi connectivity index (χ2v) is 11.2. The first-order valence-corrected chi connectivity index (χ1v) is 14.2. The molecule has 0 fully saturated rings. The van der Waals surface area contributed by atoms with Crippen LogP contribution in [0.3, 0.4) is 0 Å². The van der Waals surface area contributed by atoms with Gasteiger partial charge in [-0.05, 0) is 65.7 Å². The highest BCUT2D eigenvalue weighted by atomic mass is 79.9. The fourth-order valence-corrected chi connectivity index (χ4v) is 6.51. The third kappa shape index (κ3) is 5.16. The molecule has 0 saturated heterocycles. The smallest absolute Gasteiger partial charge is 0.338 e. The maximum absolute atomic E-state index is 13.8. The van der Waals surface area contributed by atoms with Gasteiger partial charge in [0.1, 0.15) is 11.5 Å². The largest absolute Gasteiger partial charge is 0.497 e. The van der Waals surface area contributed by atoms with Gasteiger partial charge in [-0.3, -0.25) is 9.36 Å². The van der Waals surface area contributed by atoms with Gasteiger partial charge in [-0.25, -0.2) is 9.79 Å². The molecule has 1 aliphatic rings. The van der Waals surface area contributed by atoms with Gasteiger partial charge < -0.3 is 13.9 Å². The number of ether oxygens (including phenoxy) is 2. The monoisotopic (exact) mass is 610 g/mol. The summed E-state index contributed by atoms with van der Waals surface area (Å²) in [7, 11) is 1.59. The van der Waals surface area contributed by atoms with E-state index in [2.05, 4.69) is 20.9 Å². The summed E-state index contributed by atoms with van der Waals surface area (Å²) in [5.41, 5.74) is 1.32. The molecule has 2 aromatic heterocycles. The maximum atomic E-state index is 13.8. The van der Waals surface area contributed by atoms with E-state index in [0.29, 0.717) is 37.2 Å². The fourth-order valence-electron chi connectivity index (χ4n) is 4.13. The number of allylic oxidation sites excluding steroid dienone is 1. The normalized spacial score (nSPS) is 15.3. The molecule has 194 valence electrons. The number of rotatable bonds is 7. The molecular weight excluding hydrogens is 588 g/mol. The number of fused-ring (bicyclic) bond motifs is 1. The zero-order chi connectivity index (χ0) is 26.8. The van der Waals surface area contributed by atoms with Crippen LogP contribution < -0.4 is 19.6 Å². The molecule has 0 unspecified atom stereocenters. The Morgan fingerprint density at radius 2 is 1.95 bits per heavy atom. The summed E-state index contributed by atoms with van der Waals surface area (Å²) in [6.45, 7) is 3.72. The number of nitrogens with zero attached hydrogens (tertiary/aromatic N) is 2. The molecule has 0 bridgehead atoms. The molecule has 0 saturated carbocycles. The van der Waals surface area contributed by atoms with Crippen molar-refractivity contribution in [2.45, 2.75) is 29.9 Å². The van der Waals surface area contributed by atoms with Gasteiger partial charge in [0.05, 0.1) is 40.0 Å². The molecule has 1 atom stereocenters. The topological polar surface area (TPSA) is 83.0 Å². The molecule has 5 rings (SSSR count). The highest BCUT2D eigenvalue weighted by Gasteiger charge is 2.33. The van der Waals surface area contributed by atoms with E-state index in [4.69, 9.17) is 13.9 Å². The number of aromatic nitrogens is 1. The Labute approximate surface area is 235 Å². The summed E-state index contributed by atoms with van der Waals surface area (Å²) in [5.74, 6) is 0.705. The zero-order valence-corrected chi connectivity index (χ0v) is 24.0. The lowest BCUT2D eigenvalue weighted by Gasteiger charge is -2.24. The molecule has 4 aromatic rings. The van der Waals surface area contributed by atoms with E-state index < -0.39 is 12.0 Å². The Morgan fingerprint density at radius 1 is 1.21 bits per heavy atom. The highest BCUT2D eigenvalue weighted by molar-refractivity contribution is 9.10. The van der Waals surface area contributed by atoms with Gasteiger partial charge in [-0.15, -0.1) is 0 Å². The first-order chi connectivity index (χ1) is 18.4. The number of methoxy groups -OCH3 is 1. The molecular formula is C28H23BrN2O5S2. The minimum atomic E-state index is -0.689. The number of carbonyl (C=O) groups excluding carboxylic acids is 1. The van der Waals surface area contributed by atoms with Gasteiger partial charge in [0, 0.05) is 11.0 Å². The Kier molecular flexibility index (Phi) is 7.73. The number of carbonyl (C=O) groups is 1. The standard InChI is InChI=1S/C28H23BrN2O5S2/c1-4-35-26(33)23-16(2)30-28-31(24(23)17-10-12-18(34-3)13-11-17)25(32)22(38-28)15-19-14-21(29)27(36-19)37-20-8-6-5-7-9-20/h5-15,24H,4H2,1-3H3/b22-15+/t24-/m1/s1. The molecule has 0 N–H and O–H groups in total. The number of halogens is 1. The van der Waals surface area contributed by atoms with E-state index in [9.17, 15) is 9.59 Å². The van der Waals surface area contributed by atoms with E-state index >= 15 is 0 Å². The summed E-state index contributed by atoms with van der Waals surface area (Å²) in [6.07, 6.45) is 1.71. The fraction of sp³-hybridized carbons (Fsp3) is 0.179. The molecule has 3 heterocycles. The van der Waals surface area contributed by atoms with Gasteiger partial charge in [-0.2, -0.15) is 0 Å². The average Bonchev–Trinajstić information content (AvgIpc) is 3.41. The SMILES string of the molecule is CCOC(=O)C1=C(C)N=c2s/c(=C/c3cc(Br)c(Sc4ccccc4)o3)c(=O)n2[C@@H]1c1ccc(OC)cc1. The van der Waals surface area contributed by atoms with E-state index in [1.807, 2.05) is 48.5 Å². The molecule has 0 amide bonds.